The summed E-state index contributed by atoms with van der Waals surface area (Å²) in [6.45, 7) is 4.23. The van der Waals surface area contributed by atoms with Gasteiger partial charge in [0.05, 0.1) is 0 Å². The van der Waals surface area contributed by atoms with Crippen LogP contribution in [-0.2, 0) is 5.60 Å². The molecule has 0 heterocycles. The van der Waals surface area contributed by atoms with E-state index in [-0.39, 0.29) is 0 Å². The molecule has 8 aromatic rings. The third-order valence-corrected chi connectivity index (χ3v) is 9.99. The largest absolute Gasteiger partial charge is 0.376 e. The Kier molecular flexibility index (Phi) is 9.63. The second kappa shape index (κ2) is 15.1. The highest BCUT2D eigenvalue weighted by Gasteiger charge is 2.37. The number of para-hydroxylation sites is 2. The van der Waals surface area contributed by atoms with E-state index in [1.54, 1.807) is 0 Å². The topological polar surface area (TPSA) is 26.7 Å². The molecule has 0 aliphatic heterocycles. The van der Waals surface area contributed by atoms with Crippen molar-refractivity contribution >= 4 is 34.1 Å². The van der Waals surface area contributed by atoms with E-state index in [0.717, 1.165) is 61.9 Å². The minimum absolute atomic E-state index is 0.760. The summed E-state index contributed by atoms with van der Waals surface area (Å²) in [5.74, 6) is 0. The summed E-state index contributed by atoms with van der Waals surface area (Å²) in [4.78, 5) is 4.51. The van der Waals surface area contributed by atoms with Crippen molar-refractivity contribution in [3.63, 3.8) is 0 Å². The lowest BCUT2D eigenvalue weighted by atomic mass is 9.77. The molecule has 8 rings (SSSR count). The summed E-state index contributed by atoms with van der Waals surface area (Å²) in [5, 5.41) is 13.8. The van der Waals surface area contributed by atoms with Gasteiger partial charge in [-0.3, -0.25) is 0 Å². The standard InChI is InChI=1S/C51H42N2O/c1-38-18-14-28-45(34-38)52(43-24-8-4-9-25-43)47-30-16-22-41(36-47)51(54,50-33-13-12-32-49(50)40-20-6-3-7-21-40)42-23-17-31-48(37-42)53(44-26-10-5-11-27-44)46-29-15-19-39(2)35-46/h3-37,54H,1-2H3. The Morgan fingerprint density at radius 3 is 1.19 bits per heavy atom. The van der Waals surface area contributed by atoms with Crippen molar-refractivity contribution in [2.75, 3.05) is 9.80 Å². The van der Waals surface area contributed by atoms with E-state index >= 15 is 0 Å². The first kappa shape index (κ1) is 34.4. The third kappa shape index (κ3) is 6.81. The van der Waals surface area contributed by atoms with Crippen LogP contribution in [0.3, 0.4) is 0 Å². The maximum absolute atomic E-state index is 13.8. The molecule has 0 saturated carbocycles. The van der Waals surface area contributed by atoms with E-state index in [9.17, 15) is 5.11 Å². The van der Waals surface area contributed by atoms with Crippen molar-refractivity contribution in [3.8, 4) is 11.1 Å². The molecule has 0 amide bonds. The molecule has 0 aliphatic carbocycles. The quantitative estimate of drug-likeness (QED) is 0.144. The maximum Gasteiger partial charge on any atom is 0.141 e. The minimum atomic E-state index is -1.55. The van der Waals surface area contributed by atoms with Gasteiger partial charge in [-0.2, -0.15) is 0 Å². The van der Waals surface area contributed by atoms with Crippen LogP contribution in [-0.4, -0.2) is 5.11 Å². The summed E-state index contributed by atoms with van der Waals surface area (Å²) in [6, 6.07) is 73.2. The highest BCUT2D eigenvalue weighted by Crippen LogP contribution is 2.46. The Hall–Kier alpha value is -6.68. The van der Waals surface area contributed by atoms with Crippen molar-refractivity contribution in [3.05, 3.63) is 240 Å². The highest BCUT2D eigenvalue weighted by molar-refractivity contribution is 5.80. The Balaban J connectivity index is 1.37. The van der Waals surface area contributed by atoms with E-state index in [1.807, 2.05) is 54.6 Å². The SMILES string of the molecule is Cc1cccc(N(c2ccccc2)c2cccc(C(O)(c3cccc(N(c4ccccc4)c4cccc(C)c4)c3)c3ccccc3-c3ccccc3)c2)c1. The van der Waals surface area contributed by atoms with Crippen molar-refractivity contribution in [2.45, 2.75) is 19.4 Å². The Morgan fingerprint density at radius 2 is 0.722 bits per heavy atom. The summed E-state index contributed by atoms with van der Waals surface area (Å²) in [5.41, 5.74) is 11.2. The molecule has 3 nitrogen and oxygen atoms in total. The summed E-state index contributed by atoms with van der Waals surface area (Å²) < 4.78 is 0. The minimum Gasteiger partial charge on any atom is -0.376 e. The summed E-state index contributed by atoms with van der Waals surface area (Å²) in [7, 11) is 0. The Morgan fingerprint density at radius 1 is 0.352 bits per heavy atom. The van der Waals surface area contributed by atoms with Crippen LogP contribution in [0.25, 0.3) is 11.1 Å². The molecule has 0 saturated heterocycles. The normalized spacial score (nSPS) is 11.2. The van der Waals surface area contributed by atoms with E-state index < -0.39 is 5.60 Å². The third-order valence-electron chi connectivity index (χ3n) is 9.99. The fourth-order valence-corrected chi connectivity index (χ4v) is 7.47. The van der Waals surface area contributed by atoms with Gasteiger partial charge in [0.1, 0.15) is 5.60 Å². The van der Waals surface area contributed by atoms with Crippen molar-refractivity contribution < 1.29 is 5.11 Å². The van der Waals surface area contributed by atoms with Gasteiger partial charge >= 0.3 is 0 Å². The van der Waals surface area contributed by atoms with Crippen molar-refractivity contribution in [1.82, 2.24) is 0 Å². The first-order valence-electron chi connectivity index (χ1n) is 18.4. The first-order valence-corrected chi connectivity index (χ1v) is 18.4. The molecule has 8 aromatic carbocycles. The number of hydrogen-bond donors (Lipinski definition) is 1. The van der Waals surface area contributed by atoms with Gasteiger partial charge in [-0.15, -0.1) is 0 Å². The Labute approximate surface area is 318 Å². The average molecular weight is 699 g/mol. The van der Waals surface area contributed by atoms with E-state index in [1.165, 1.54) is 11.1 Å². The van der Waals surface area contributed by atoms with Crippen molar-refractivity contribution in [2.24, 2.45) is 0 Å². The number of aliphatic hydroxyl groups is 1. The lowest BCUT2D eigenvalue weighted by Gasteiger charge is -2.35. The number of anilines is 6. The maximum atomic E-state index is 13.8. The van der Waals surface area contributed by atoms with E-state index in [2.05, 4.69) is 181 Å². The lowest BCUT2D eigenvalue weighted by Crippen LogP contribution is -2.30. The zero-order valence-electron chi connectivity index (χ0n) is 30.5. The van der Waals surface area contributed by atoms with Gasteiger partial charge in [0, 0.05) is 39.7 Å². The molecule has 0 aromatic heterocycles. The molecule has 0 spiro atoms. The summed E-state index contributed by atoms with van der Waals surface area (Å²) in [6.07, 6.45) is 0. The van der Waals surface area contributed by atoms with Crippen LogP contribution in [0.4, 0.5) is 34.1 Å². The second-order valence-electron chi connectivity index (χ2n) is 13.7. The van der Waals surface area contributed by atoms with Gasteiger partial charge in [-0.1, -0.05) is 140 Å². The average Bonchev–Trinajstić information content (AvgIpc) is 3.22. The second-order valence-corrected chi connectivity index (χ2v) is 13.7. The molecule has 262 valence electrons. The molecule has 1 N–H and O–H groups in total. The van der Waals surface area contributed by atoms with Crippen LogP contribution in [0.2, 0.25) is 0 Å². The smallest absolute Gasteiger partial charge is 0.141 e. The Bertz CT molecular complexity index is 2360. The van der Waals surface area contributed by atoms with Crippen LogP contribution in [0.15, 0.2) is 212 Å². The zero-order chi connectivity index (χ0) is 36.9. The number of nitrogens with zero attached hydrogens (tertiary/aromatic N) is 2. The zero-order valence-corrected chi connectivity index (χ0v) is 30.5. The van der Waals surface area contributed by atoms with E-state index in [0.29, 0.717) is 0 Å². The molecule has 0 radical (unpaired) electrons. The number of aryl methyl sites for hydroxylation is 2. The fourth-order valence-electron chi connectivity index (χ4n) is 7.47. The highest BCUT2D eigenvalue weighted by atomic mass is 16.3. The number of rotatable bonds is 10. The molecule has 0 aliphatic rings. The van der Waals surface area contributed by atoms with E-state index in [4.69, 9.17) is 0 Å². The molecule has 0 fully saturated rings. The van der Waals surface area contributed by atoms with Crippen LogP contribution >= 0.6 is 0 Å². The van der Waals surface area contributed by atoms with Crippen LogP contribution in [0.5, 0.6) is 0 Å². The molecule has 0 bridgehead atoms. The molecule has 54 heavy (non-hydrogen) atoms. The predicted molar refractivity (Wildman–Crippen MR) is 226 cm³/mol. The molecule has 0 atom stereocenters. The van der Waals surface area contributed by atoms with Gasteiger partial charge in [-0.25, -0.2) is 0 Å². The predicted octanol–water partition coefficient (Wildman–Crippen LogP) is 13.2. The lowest BCUT2D eigenvalue weighted by molar-refractivity contribution is 0.126. The van der Waals surface area contributed by atoms with Gasteiger partial charge in [0.2, 0.25) is 0 Å². The van der Waals surface area contributed by atoms with Gasteiger partial charge in [0.25, 0.3) is 0 Å². The molecule has 3 heteroatoms. The van der Waals surface area contributed by atoms with Crippen LogP contribution in [0, 0.1) is 13.8 Å². The molecular formula is C51H42N2O. The van der Waals surface area contributed by atoms with Gasteiger partial charge in [0.15, 0.2) is 0 Å². The van der Waals surface area contributed by atoms with Gasteiger partial charge < -0.3 is 14.9 Å². The number of benzene rings is 8. The summed E-state index contributed by atoms with van der Waals surface area (Å²) >= 11 is 0. The van der Waals surface area contributed by atoms with Crippen LogP contribution in [0.1, 0.15) is 27.8 Å². The molecular weight excluding hydrogens is 657 g/mol. The fraction of sp³-hybridized carbons (Fsp3) is 0.0588. The van der Waals surface area contributed by atoms with Crippen LogP contribution < -0.4 is 9.80 Å². The monoisotopic (exact) mass is 698 g/mol. The number of hydrogen-bond acceptors (Lipinski definition) is 3. The molecule has 0 unspecified atom stereocenters. The first-order chi connectivity index (χ1) is 26.5. The van der Waals surface area contributed by atoms with Gasteiger partial charge in [-0.05, 0) is 120 Å². The van der Waals surface area contributed by atoms with Crippen molar-refractivity contribution in [1.29, 1.82) is 0 Å².